The van der Waals surface area contributed by atoms with Crippen LogP contribution >= 0.6 is 0 Å². The molecule has 0 aliphatic heterocycles. The molecule has 3 aromatic rings. The molecule has 2 aromatic carbocycles. The molecule has 130 valence electrons. The summed E-state index contributed by atoms with van der Waals surface area (Å²) < 4.78 is 2.30. The highest BCUT2D eigenvalue weighted by atomic mass is 16.1. The molecule has 0 aliphatic rings. The van der Waals surface area contributed by atoms with Crippen LogP contribution in [0.4, 0.5) is 0 Å². The maximum Gasteiger partial charge on any atom is 0.219 e. The second-order valence-corrected chi connectivity index (χ2v) is 6.40. The minimum atomic E-state index is 0.105. The van der Waals surface area contributed by atoms with E-state index in [-0.39, 0.29) is 5.91 Å². The standard InChI is InChI=1S/C21H25N3O/c1-3-21(25)22-13-7-12-20-23-18-10-4-5-11-19(18)24(20)15-17-9-6-8-16(2)14-17/h4-6,8-11,14H,3,7,12-13,15H2,1-2H3,(H,22,25). The highest BCUT2D eigenvalue weighted by Crippen LogP contribution is 2.19. The predicted octanol–water partition coefficient (Wildman–Crippen LogP) is 3.85. The Morgan fingerprint density at radius 3 is 2.80 bits per heavy atom. The first-order valence-corrected chi connectivity index (χ1v) is 8.93. The normalized spacial score (nSPS) is 11.0. The molecule has 0 saturated heterocycles. The van der Waals surface area contributed by atoms with E-state index >= 15 is 0 Å². The van der Waals surface area contributed by atoms with E-state index in [1.807, 2.05) is 13.0 Å². The molecule has 1 N–H and O–H groups in total. The van der Waals surface area contributed by atoms with Crippen LogP contribution in [0.3, 0.4) is 0 Å². The number of hydrogen-bond acceptors (Lipinski definition) is 2. The number of benzene rings is 2. The van der Waals surface area contributed by atoms with Crippen molar-refractivity contribution in [3.05, 3.63) is 65.5 Å². The summed E-state index contributed by atoms with van der Waals surface area (Å²) in [6.07, 6.45) is 2.28. The van der Waals surface area contributed by atoms with E-state index in [4.69, 9.17) is 4.98 Å². The molecule has 4 heteroatoms. The zero-order valence-corrected chi connectivity index (χ0v) is 15.0. The van der Waals surface area contributed by atoms with Gasteiger partial charge in [-0.1, -0.05) is 48.9 Å². The van der Waals surface area contributed by atoms with Crippen molar-refractivity contribution in [3.8, 4) is 0 Å². The molecule has 25 heavy (non-hydrogen) atoms. The van der Waals surface area contributed by atoms with Gasteiger partial charge in [0.05, 0.1) is 11.0 Å². The monoisotopic (exact) mass is 335 g/mol. The van der Waals surface area contributed by atoms with Crippen LogP contribution in [0.5, 0.6) is 0 Å². The fraction of sp³-hybridized carbons (Fsp3) is 0.333. The van der Waals surface area contributed by atoms with Crippen molar-refractivity contribution in [2.75, 3.05) is 6.54 Å². The quantitative estimate of drug-likeness (QED) is 0.667. The topological polar surface area (TPSA) is 46.9 Å². The van der Waals surface area contributed by atoms with Gasteiger partial charge in [0.2, 0.25) is 5.91 Å². The van der Waals surface area contributed by atoms with Gasteiger partial charge in [0.25, 0.3) is 0 Å². The Balaban J connectivity index is 1.81. The Labute approximate surface area is 148 Å². The summed E-state index contributed by atoms with van der Waals surface area (Å²) in [6.45, 7) is 5.50. The molecule has 0 aliphatic carbocycles. The van der Waals surface area contributed by atoms with Crippen LogP contribution in [0.25, 0.3) is 11.0 Å². The summed E-state index contributed by atoms with van der Waals surface area (Å²) in [6, 6.07) is 16.9. The van der Waals surface area contributed by atoms with Gasteiger partial charge < -0.3 is 9.88 Å². The third kappa shape index (κ3) is 4.27. The van der Waals surface area contributed by atoms with Crippen LogP contribution in [-0.4, -0.2) is 22.0 Å². The Morgan fingerprint density at radius 1 is 1.16 bits per heavy atom. The SMILES string of the molecule is CCC(=O)NCCCc1nc2ccccc2n1Cc1cccc(C)c1. The van der Waals surface area contributed by atoms with Crippen LogP contribution in [0, 0.1) is 6.92 Å². The van der Waals surface area contributed by atoms with Crippen molar-refractivity contribution in [1.29, 1.82) is 0 Å². The molecule has 1 amide bonds. The van der Waals surface area contributed by atoms with E-state index < -0.39 is 0 Å². The molecule has 0 spiro atoms. The number of nitrogens with one attached hydrogen (secondary N) is 1. The average Bonchev–Trinajstić information content (AvgIpc) is 2.96. The number of aryl methyl sites for hydroxylation is 2. The molecule has 0 atom stereocenters. The molecular formula is C21H25N3O. The van der Waals surface area contributed by atoms with E-state index in [0.717, 1.165) is 36.2 Å². The molecule has 1 heterocycles. The van der Waals surface area contributed by atoms with Crippen molar-refractivity contribution in [3.63, 3.8) is 0 Å². The van der Waals surface area contributed by atoms with Gasteiger partial charge in [0, 0.05) is 25.9 Å². The molecule has 0 radical (unpaired) electrons. The largest absolute Gasteiger partial charge is 0.356 e. The minimum Gasteiger partial charge on any atom is -0.356 e. The smallest absolute Gasteiger partial charge is 0.219 e. The van der Waals surface area contributed by atoms with Gasteiger partial charge in [-0.15, -0.1) is 0 Å². The van der Waals surface area contributed by atoms with Gasteiger partial charge in [0.1, 0.15) is 5.82 Å². The number of carbonyl (C=O) groups excluding carboxylic acids is 1. The van der Waals surface area contributed by atoms with E-state index in [1.165, 1.54) is 11.1 Å². The van der Waals surface area contributed by atoms with Gasteiger partial charge in [-0.3, -0.25) is 4.79 Å². The van der Waals surface area contributed by atoms with Crippen molar-refractivity contribution < 1.29 is 4.79 Å². The summed E-state index contributed by atoms with van der Waals surface area (Å²) in [4.78, 5) is 16.2. The van der Waals surface area contributed by atoms with Crippen molar-refractivity contribution in [1.82, 2.24) is 14.9 Å². The molecule has 0 unspecified atom stereocenters. The molecular weight excluding hydrogens is 310 g/mol. The van der Waals surface area contributed by atoms with E-state index in [9.17, 15) is 4.79 Å². The molecule has 3 rings (SSSR count). The molecule has 0 saturated carbocycles. The fourth-order valence-corrected chi connectivity index (χ4v) is 3.09. The number of para-hydroxylation sites is 2. The van der Waals surface area contributed by atoms with E-state index in [1.54, 1.807) is 0 Å². The maximum absolute atomic E-state index is 11.4. The van der Waals surface area contributed by atoms with Crippen LogP contribution in [0.2, 0.25) is 0 Å². The molecule has 1 aromatic heterocycles. The fourth-order valence-electron chi connectivity index (χ4n) is 3.09. The van der Waals surface area contributed by atoms with Crippen LogP contribution in [0.15, 0.2) is 48.5 Å². The molecule has 0 fully saturated rings. The third-order valence-electron chi connectivity index (χ3n) is 4.38. The first-order chi connectivity index (χ1) is 12.2. The second-order valence-electron chi connectivity index (χ2n) is 6.40. The Morgan fingerprint density at radius 2 is 2.00 bits per heavy atom. The number of imidazole rings is 1. The Bertz CT molecular complexity index is 866. The van der Waals surface area contributed by atoms with Gasteiger partial charge in [-0.25, -0.2) is 4.98 Å². The molecule has 0 bridgehead atoms. The predicted molar refractivity (Wildman–Crippen MR) is 102 cm³/mol. The lowest BCUT2D eigenvalue weighted by Crippen LogP contribution is -2.23. The first-order valence-electron chi connectivity index (χ1n) is 8.93. The summed E-state index contributed by atoms with van der Waals surface area (Å²) >= 11 is 0. The van der Waals surface area contributed by atoms with Gasteiger partial charge in [-0.2, -0.15) is 0 Å². The number of rotatable bonds is 7. The number of aromatic nitrogens is 2. The lowest BCUT2D eigenvalue weighted by atomic mass is 10.1. The lowest BCUT2D eigenvalue weighted by molar-refractivity contribution is -0.120. The number of nitrogens with zero attached hydrogens (tertiary/aromatic N) is 2. The number of carbonyl (C=O) groups is 1. The van der Waals surface area contributed by atoms with Crippen LogP contribution in [0.1, 0.15) is 36.7 Å². The third-order valence-corrected chi connectivity index (χ3v) is 4.38. The number of fused-ring (bicyclic) bond motifs is 1. The summed E-state index contributed by atoms with van der Waals surface area (Å²) in [7, 11) is 0. The Hall–Kier alpha value is -2.62. The van der Waals surface area contributed by atoms with Crippen molar-refractivity contribution in [2.45, 2.75) is 39.7 Å². The van der Waals surface area contributed by atoms with E-state index in [2.05, 4.69) is 59.3 Å². The lowest BCUT2D eigenvalue weighted by Gasteiger charge is -2.10. The van der Waals surface area contributed by atoms with E-state index in [0.29, 0.717) is 13.0 Å². The Kier molecular flexibility index (Phi) is 5.49. The number of hydrogen-bond donors (Lipinski definition) is 1. The first kappa shape index (κ1) is 17.2. The highest BCUT2D eigenvalue weighted by molar-refractivity contribution is 5.76. The average molecular weight is 335 g/mol. The summed E-state index contributed by atoms with van der Waals surface area (Å²) in [5.41, 5.74) is 4.74. The summed E-state index contributed by atoms with van der Waals surface area (Å²) in [5, 5.41) is 2.94. The van der Waals surface area contributed by atoms with Crippen molar-refractivity contribution >= 4 is 16.9 Å². The minimum absolute atomic E-state index is 0.105. The molecule has 4 nitrogen and oxygen atoms in total. The second kappa shape index (κ2) is 7.97. The van der Waals surface area contributed by atoms with Gasteiger partial charge in [-0.05, 0) is 31.0 Å². The summed E-state index contributed by atoms with van der Waals surface area (Å²) in [5.74, 6) is 1.18. The van der Waals surface area contributed by atoms with Crippen LogP contribution < -0.4 is 5.32 Å². The zero-order chi connectivity index (χ0) is 17.6. The highest BCUT2D eigenvalue weighted by Gasteiger charge is 2.11. The van der Waals surface area contributed by atoms with Gasteiger partial charge in [0.15, 0.2) is 0 Å². The van der Waals surface area contributed by atoms with Gasteiger partial charge >= 0.3 is 0 Å². The van der Waals surface area contributed by atoms with Crippen molar-refractivity contribution in [2.24, 2.45) is 0 Å². The van der Waals surface area contributed by atoms with Crippen LogP contribution in [-0.2, 0) is 17.8 Å². The number of amides is 1. The maximum atomic E-state index is 11.4. The zero-order valence-electron chi connectivity index (χ0n) is 15.0.